The number of rotatable bonds is 5. The zero-order valence-electron chi connectivity index (χ0n) is 13.6. The summed E-state index contributed by atoms with van der Waals surface area (Å²) in [5.74, 6) is 1.06. The standard InChI is InChI=1S/C19H19ClN2O2/c1-13(15-4-3-5-17(23)10-15)22(2)12-18-11-19(21-24-18)14-6-8-16(20)9-7-14/h3-11,13,23H,12H2,1-2H3. The molecule has 0 radical (unpaired) electrons. The highest BCUT2D eigenvalue weighted by atomic mass is 35.5. The smallest absolute Gasteiger partial charge is 0.151 e. The molecule has 0 fully saturated rings. The maximum absolute atomic E-state index is 9.63. The highest BCUT2D eigenvalue weighted by Gasteiger charge is 2.15. The Hall–Kier alpha value is -2.30. The monoisotopic (exact) mass is 342 g/mol. The van der Waals surface area contributed by atoms with E-state index in [1.807, 2.05) is 49.5 Å². The van der Waals surface area contributed by atoms with Gasteiger partial charge in [0.2, 0.25) is 0 Å². The lowest BCUT2D eigenvalue weighted by atomic mass is 10.1. The lowest BCUT2D eigenvalue weighted by Crippen LogP contribution is -2.21. The van der Waals surface area contributed by atoms with Crippen LogP contribution < -0.4 is 0 Å². The largest absolute Gasteiger partial charge is 0.508 e. The summed E-state index contributed by atoms with van der Waals surface area (Å²) in [6.45, 7) is 2.71. The molecule has 0 saturated heterocycles. The van der Waals surface area contributed by atoms with E-state index < -0.39 is 0 Å². The zero-order valence-corrected chi connectivity index (χ0v) is 14.4. The van der Waals surface area contributed by atoms with Gasteiger partial charge in [-0.15, -0.1) is 0 Å². The Morgan fingerprint density at radius 1 is 1.17 bits per heavy atom. The summed E-state index contributed by atoms with van der Waals surface area (Å²) in [5, 5.41) is 14.5. The predicted octanol–water partition coefficient (Wildman–Crippen LogP) is 4.89. The first kappa shape index (κ1) is 16.6. The Balaban J connectivity index is 1.71. The van der Waals surface area contributed by atoms with Crippen molar-refractivity contribution in [3.63, 3.8) is 0 Å². The van der Waals surface area contributed by atoms with Crippen molar-refractivity contribution in [3.8, 4) is 17.0 Å². The van der Waals surface area contributed by atoms with Gasteiger partial charge in [-0.1, -0.05) is 41.0 Å². The first-order chi connectivity index (χ1) is 11.5. The first-order valence-corrected chi connectivity index (χ1v) is 8.11. The number of hydrogen-bond acceptors (Lipinski definition) is 4. The maximum atomic E-state index is 9.63. The van der Waals surface area contributed by atoms with Gasteiger partial charge >= 0.3 is 0 Å². The second kappa shape index (κ2) is 7.07. The molecule has 3 rings (SSSR count). The van der Waals surface area contributed by atoms with Gasteiger partial charge in [0.05, 0.1) is 6.54 Å². The molecule has 0 aliphatic rings. The number of hydrogen-bond donors (Lipinski definition) is 1. The molecule has 24 heavy (non-hydrogen) atoms. The van der Waals surface area contributed by atoms with Gasteiger partial charge < -0.3 is 9.63 Å². The number of phenols is 1. The van der Waals surface area contributed by atoms with Crippen molar-refractivity contribution in [3.05, 3.63) is 70.9 Å². The summed E-state index contributed by atoms with van der Waals surface area (Å²) >= 11 is 5.91. The molecule has 1 heterocycles. The van der Waals surface area contributed by atoms with Crippen molar-refractivity contribution in [1.82, 2.24) is 10.1 Å². The van der Waals surface area contributed by atoms with Gasteiger partial charge in [0.1, 0.15) is 11.4 Å². The number of aromatic nitrogens is 1. The van der Waals surface area contributed by atoms with Crippen molar-refractivity contribution in [1.29, 1.82) is 0 Å². The normalized spacial score (nSPS) is 12.5. The lowest BCUT2D eigenvalue weighted by Gasteiger charge is -2.23. The summed E-state index contributed by atoms with van der Waals surface area (Å²) in [7, 11) is 2.01. The van der Waals surface area contributed by atoms with E-state index in [4.69, 9.17) is 16.1 Å². The quantitative estimate of drug-likeness (QED) is 0.717. The van der Waals surface area contributed by atoms with Crippen molar-refractivity contribution in [2.24, 2.45) is 0 Å². The number of benzene rings is 2. The van der Waals surface area contributed by atoms with Gasteiger partial charge in [-0.2, -0.15) is 0 Å². The first-order valence-electron chi connectivity index (χ1n) is 7.73. The minimum Gasteiger partial charge on any atom is -0.508 e. The summed E-state index contributed by atoms with van der Waals surface area (Å²) in [4.78, 5) is 2.14. The molecule has 0 amide bonds. The van der Waals surface area contributed by atoms with E-state index in [0.29, 0.717) is 11.6 Å². The van der Waals surface area contributed by atoms with Crippen LogP contribution >= 0.6 is 11.6 Å². The molecule has 1 N–H and O–H groups in total. The third-order valence-corrected chi connectivity index (χ3v) is 4.37. The second-order valence-corrected chi connectivity index (χ2v) is 6.31. The van der Waals surface area contributed by atoms with Gasteiger partial charge in [0, 0.05) is 22.7 Å². The van der Waals surface area contributed by atoms with Gasteiger partial charge in [0.25, 0.3) is 0 Å². The van der Waals surface area contributed by atoms with E-state index in [-0.39, 0.29) is 11.8 Å². The number of phenolic OH excluding ortho intramolecular Hbond substituents is 1. The molecule has 3 aromatic rings. The van der Waals surface area contributed by atoms with Crippen LogP contribution in [0.25, 0.3) is 11.3 Å². The summed E-state index contributed by atoms with van der Waals surface area (Å²) < 4.78 is 5.46. The average molecular weight is 343 g/mol. The molecule has 124 valence electrons. The Morgan fingerprint density at radius 3 is 2.62 bits per heavy atom. The van der Waals surface area contributed by atoms with Crippen LogP contribution in [-0.2, 0) is 6.54 Å². The van der Waals surface area contributed by atoms with Crippen molar-refractivity contribution < 1.29 is 9.63 Å². The molecular weight excluding hydrogens is 324 g/mol. The fourth-order valence-electron chi connectivity index (χ4n) is 2.57. The van der Waals surface area contributed by atoms with E-state index in [1.54, 1.807) is 12.1 Å². The number of nitrogens with zero attached hydrogens (tertiary/aromatic N) is 2. The van der Waals surface area contributed by atoms with Crippen molar-refractivity contribution >= 4 is 11.6 Å². The molecule has 0 bridgehead atoms. The summed E-state index contributed by atoms with van der Waals surface area (Å²) in [6.07, 6.45) is 0. The number of aromatic hydroxyl groups is 1. The average Bonchev–Trinajstić information content (AvgIpc) is 3.03. The zero-order chi connectivity index (χ0) is 17.1. The van der Waals surface area contributed by atoms with Crippen LogP contribution in [0.15, 0.2) is 59.1 Å². The molecule has 0 spiro atoms. The minimum absolute atomic E-state index is 0.140. The summed E-state index contributed by atoms with van der Waals surface area (Å²) in [5.41, 5.74) is 2.81. The van der Waals surface area contributed by atoms with Gasteiger partial charge in [-0.3, -0.25) is 4.90 Å². The fraction of sp³-hybridized carbons (Fsp3) is 0.211. The van der Waals surface area contributed by atoms with E-state index in [2.05, 4.69) is 17.0 Å². The second-order valence-electron chi connectivity index (χ2n) is 5.87. The van der Waals surface area contributed by atoms with Gasteiger partial charge in [-0.25, -0.2) is 0 Å². The predicted molar refractivity (Wildman–Crippen MR) is 94.9 cm³/mol. The van der Waals surface area contributed by atoms with Crippen LogP contribution in [-0.4, -0.2) is 22.2 Å². The molecule has 1 atom stereocenters. The third kappa shape index (κ3) is 3.78. The Morgan fingerprint density at radius 2 is 1.92 bits per heavy atom. The number of halogens is 1. The molecule has 0 aliphatic heterocycles. The van der Waals surface area contributed by atoms with Gasteiger partial charge in [-0.05, 0) is 43.8 Å². The third-order valence-electron chi connectivity index (χ3n) is 4.12. The highest BCUT2D eigenvalue weighted by molar-refractivity contribution is 6.30. The Bertz CT molecular complexity index is 814. The molecule has 0 aliphatic carbocycles. The molecule has 1 unspecified atom stereocenters. The van der Waals surface area contributed by atoms with Crippen molar-refractivity contribution in [2.75, 3.05) is 7.05 Å². The molecule has 4 nitrogen and oxygen atoms in total. The van der Waals surface area contributed by atoms with Crippen LogP contribution in [0.1, 0.15) is 24.3 Å². The Kier molecular flexibility index (Phi) is 4.88. The molecule has 5 heteroatoms. The molecular formula is C19H19ClN2O2. The van der Waals surface area contributed by atoms with E-state index in [9.17, 15) is 5.11 Å². The van der Waals surface area contributed by atoms with Crippen LogP contribution in [0, 0.1) is 0 Å². The van der Waals surface area contributed by atoms with E-state index >= 15 is 0 Å². The minimum atomic E-state index is 0.140. The fourth-order valence-corrected chi connectivity index (χ4v) is 2.69. The molecule has 0 saturated carbocycles. The maximum Gasteiger partial charge on any atom is 0.151 e. The van der Waals surface area contributed by atoms with Crippen LogP contribution in [0.2, 0.25) is 5.02 Å². The van der Waals surface area contributed by atoms with E-state index in [0.717, 1.165) is 22.6 Å². The molecule has 1 aromatic heterocycles. The highest BCUT2D eigenvalue weighted by Crippen LogP contribution is 2.25. The lowest BCUT2D eigenvalue weighted by molar-refractivity contribution is 0.221. The summed E-state index contributed by atoms with van der Waals surface area (Å²) in [6, 6.07) is 16.9. The van der Waals surface area contributed by atoms with E-state index in [1.165, 1.54) is 0 Å². The van der Waals surface area contributed by atoms with Crippen molar-refractivity contribution in [2.45, 2.75) is 19.5 Å². The molecule has 2 aromatic carbocycles. The van der Waals surface area contributed by atoms with Crippen LogP contribution in [0.4, 0.5) is 0 Å². The van der Waals surface area contributed by atoms with Crippen LogP contribution in [0.5, 0.6) is 5.75 Å². The van der Waals surface area contributed by atoms with Crippen LogP contribution in [0.3, 0.4) is 0 Å². The SMILES string of the molecule is CC(c1cccc(O)c1)N(C)Cc1cc(-c2ccc(Cl)cc2)no1. The Labute approximate surface area is 146 Å². The van der Waals surface area contributed by atoms with Gasteiger partial charge in [0.15, 0.2) is 5.76 Å². The topological polar surface area (TPSA) is 49.5 Å².